The summed E-state index contributed by atoms with van der Waals surface area (Å²) in [6.45, 7) is 7.04. The summed E-state index contributed by atoms with van der Waals surface area (Å²) < 4.78 is 13.7. The molecule has 1 unspecified atom stereocenters. The van der Waals surface area contributed by atoms with E-state index in [2.05, 4.69) is 47.1 Å². The van der Waals surface area contributed by atoms with Gasteiger partial charge in [0.05, 0.1) is 0 Å². The van der Waals surface area contributed by atoms with Gasteiger partial charge in [0.2, 0.25) is 0 Å². The standard InChI is InChI=1S/C21H28FN3/c1-2-20(23)15-18-14-19(22)8-9-21(18)25-12-10-24(11-13-25)16-17-6-4-3-5-7-17/h3-9,14,20H,2,10-13,15-16,23H2,1H3. The Morgan fingerprint density at radius 3 is 2.44 bits per heavy atom. The van der Waals surface area contributed by atoms with Crippen molar-refractivity contribution in [1.82, 2.24) is 4.90 Å². The number of halogens is 1. The van der Waals surface area contributed by atoms with Crippen LogP contribution in [0, 0.1) is 5.82 Å². The zero-order chi connectivity index (χ0) is 17.6. The lowest BCUT2D eigenvalue weighted by Gasteiger charge is -2.37. The van der Waals surface area contributed by atoms with E-state index >= 15 is 0 Å². The van der Waals surface area contributed by atoms with Crippen LogP contribution in [0.15, 0.2) is 48.5 Å². The van der Waals surface area contributed by atoms with Crippen LogP contribution in [0.3, 0.4) is 0 Å². The minimum atomic E-state index is -0.176. The highest BCUT2D eigenvalue weighted by atomic mass is 19.1. The number of anilines is 1. The van der Waals surface area contributed by atoms with Crippen molar-refractivity contribution in [2.24, 2.45) is 5.73 Å². The van der Waals surface area contributed by atoms with Gasteiger partial charge in [-0.3, -0.25) is 4.90 Å². The number of hydrogen-bond donors (Lipinski definition) is 1. The first-order chi connectivity index (χ1) is 12.2. The highest BCUT2D eigenvalue weighted by molar-refractivity contribution is 5.54. The van der Waals surface area contributed by atoms with E-state index in [1.165, 1.54) is 5.56 Å². The van der Waals surface area contributed by atoms with E-state index in [0.717, 1.165) is 56.8 Å². The molecule has 0 amide bonds. The first kappa shape index (κ1) is 17.9. The largest absolute Gasteiger partial charge is 0.369 e. The van der Waals surface area contributed by atoms with Crippen molar-refractivity contribution in [3.8, 4) is 0 Å². The van der Waals surface area contributed by atoms with Crippen LogP contribution in [0.25, 0.3) is 0 Å². The Balaban J connectivity index is 1.64. The van der Waals surface area contributed by atoms with Crippen molar-refractivity contribution in [3.05, 3.63) is 65.5 Å². The molecule has 1 aliphatic heterocycles. The number of piperazine rings is 1. The van der Waals surface area contributed by atoms with Crippen LogP contribution in [0.1, 0.15) is 24.5 Å². The minimum absolute atomic E-state index is 0.0833. The van der Waals surface area contributed by atoms with Crippen molar-refractivity contribution in [1.29, 1.82) is 0 Å². The molecule has 0 saturated carbocycles. The van der Waals surface area contributed by atoms with Crippen molar-refractivity contribution >= 4 is 5.69 Å². The zero-order valence-electron chi connectivity index (χ0n) is 15.0. The summed E-state index contributed by atoms with van der Waals surface area (Å²) in [4.78, 5) is 4.85. The van der Waals surface area contributed by atoms with Crippen molar-refractivity contribution in [3.63, 3.8) is 0 Å². The fraction of sp³-hybridized carbons (Fsp3) is 0.429. The van der Waals surface area contributed by atoms with Gasteiger partial charge in [0.25, 0.3) is 0 Å². The number of hydrogen-bond acceptors (Lipinski definition) is 3. The van der Waals surface area contributed by atoms with Crippen molar-refractivity contribution < 1.29 is 4.39 Å². The lowest BCUT2D eigenvalue weighted by molar-refractivity contribution is 0.249. The molecule has 2 aromatic rings. The molecule has 3 rings (SSSR count). The molecule has 1 fully saturated rings. The molecule has 1 atom stereocenters. The van der Waals surface area contributed by atoms with Crippen molar-refractivity contribution in [2.75, 3.05) is 31.1 Å². The fourth-order valence-corrected chi connectivity index (χ4v) is 3.44. The van der Waals surface area contributed by atoms with Gasteiger partial charge in [-0.05, 0) is 42.2 Å². The van der Waals surface area contributed by atoms with Gasteiger partial charge < -0.3 is 10.6 Å². The lowest BCUT2D eigenvalue weighted by atomic mass is 10.0. The van der Waals surface area contributed by atoms with Crippen LogP contribution in [0.5, 0.6) is 0 Å². The molecule has 0 bridgehead atoms. The lowest BCUT2D eigenvalue weighted by Crippen LogP contribution is -2.46. The quantitative estimate of drug-likeness (QED) is 0.874. The van der Waals surface area contributed by atoms with E-state index in [1.807, 2.05) is 6.07 Å². The van der Waals surface area contributed by atoms with Crippen LogP contribution in [0.2, 0.25) is 0 Å². The molecule has 134 valence electrons. The van der Waals surface area contributed by atoms with Gasteiger partial charge in [0.1, 0.15) is 5.82 Å². The van der Waals surface area contributed by atoms with Gasteiger partial charge in [-0.15, -0.1) is 0 Å². The Bertz CT molecular complexity index is 666. The SMILES string of the molecule is CCC(N)Cc1cc(F)ccc1N1CCN(Cc2ccccc2)CC1. The van der Waals surface area contributed by atoms with Crippen LogP contribution in [-0.4, -0.2) is 37.1 Å². The van der Waals surface area contributed by atoms with E-state index in [9.17, 15) is 4.39 Å². The second-order valence-electron chi connectivity index (χ2n) is 6.89. The second-order valence-corrected chi connectivity index (χ2v) is 6.89. The van der Waals surface area contributed by atoms with Crippen molar-refractivity contribution in [2.45, 2.75) is 32.4 Å². The zero-order valence-corrected chi connectivity index (χ0v) is 15.0. The molecule has 2 aromatic carbocycles. The molecule has 0 radical (unpaired) electrons. The molecule has 1 heterocycles. The van der Waals surface area contributed by atoms with Gasteiger partial charge in [-0.2, -0.15) is 0 Å². The Labute approximate surface area is 150 Å². The van der Waals surface area contributed by atoms with E-state index in [1.54, 1.807) is 12.1 Å². The predicted molar refractivity (Wildman–Crippen MR) is 102 cm³/mol. The Morgan fingerprint density at radius 2 is 1.76 bits per heavy atom. The molecule has 0 spiro atoms. The molecule has 25 heavy (non-hydrogen) atoms. The van der Waals surface area contributed by atoms with E-state index < -0.39 is 0 Å². The monoisotopic (exact) mass is 341 g/mol. The van der Waals surface area contributed by atoms with Crippen LogP contribution in [0.4, 0.5) is 10.1 Å². The Kier molecular flexibility index (Phi) is 6.05. The summed E-state index contributed by atoms with van der Waals surface area (Å²) in [7, 11) is 0. The maximum Gasteiger partial charge on any atom is 0.123 e. The maximum atomic E-state index is 13.7. The van der Waals surface area contributed by atoms with Gasteiger partial charge in [-0.25, -0.2) is 4.39 Å². The molecule has 1 saturated heterocycles. The molecule has 2 N–H and O–H groups in total. The third-order valence-corrected chi connectivity index (χ3v) is 5.01. The average molecular weight is 341 g/mol. The number of benzene rings is 2. The highest BCUT2D eigenvalue weighted by Gasteiger charge is 2.20. The Hall–Kier alpha value is -1.91. The molecule has 4 heteroatoms. The summed E-state index contributed by atoms with van der Waals surface area (Å²) >= 11 is 0. The third kappa shape index (κ3) is 4.80. The second kappa shape index (κ2) is 8.45. The van der Waals surface area contributed by atoms with E-state index in [4.69, 9.17) is 5.73 Å². The molecular weight excluding hydrogens is 313 g/mol. The predicted octanol–water partition coefficient (Wildman–Crippen LogP) is 3.43. The normalized spacial score (nSPS) is 16.8. The molecule has 1 aliphatic rings. The first-order valence-electron chi connectivity index (χ1n) is 9.21. The first-order valence-corrected chi connectivity index (χ1v) is 9.21. The molecule has 3 nitrogen and oxygen atoms in total. The number of nitrogens with zero attached hydrogens (tertiary/aromatic N) is 2. The maximum absolute atomic E-state index is 13.7. The van der Waals surface area contributed by atoms with Gasteiger partial charge in [-0.1, -0.05) is 37.3 Å². The minimum Gasteiger partial charge on any atom is -0.369 e. The third-order valence-electron chi connectivity index (χ3n) is 5.01. The van der Waals surface area contributed by atoms with E-state index in [-0.39, 0.29) is 11.9 Å². The summed E-state index contributed by atoms with van der Waals surface area (Å²) in [5.74, 6) is -0.176. The van der Waals surface area contributed by atoms with Gasteiger partial charge >= 0.3 is 0 Å². The highest BCUT2D eigenvalue weighted by Crippen LogP contribution is 2.25. The van der Waals surface area contributed by atoms with Crippen LogP contribution >= 0.6 is 0 Å². The summed E-state index contributed by atoms with van der Waals surface area (Å²) in [6.07, 6.45) is 1.63. The van der Waals surface area contributed by atoms with E-state index in [0.29, 0.717) is 0 Å². The summed E-state index contributed by atoms with van der Waals surface area (Å²) in [6, 6.07) is 15.8. The topological polar surface area (TPSA) is 32.5 Å². The van der Waals surface area contributed by atoms with Crippen LogP contribution in [-0.2, 0) is 13.0 Å². The summed E-state index contributed by atoms with van der Waals surface area (Å²) in [5, 5.41) is 0. The smallest absolute Gasteiger partial charge is 0.123 e. The van der Waals surface area contributed by atoms with Crippen LogP contribution < -0.4 is 10.6 Å². The number of rotatable bonds is 6. The van der Waals surface area contributed by atoms with Gasteiger partial charge in [0, 0.05) is 44.5 Å². The molecule has 0 aliphatic carbocycles. The number of nitrogens with two attached hydrogens (primary N) is 1. The Morgan fingerprint density at radius 1 is 1.04 bits per heavy atom. The van der Waals surface area contributed by atoms with Gasteiger partial charge in [0.15, 0.2) is 0 Å². The molecule has 0 aromatic heterocycles. The summed E-state index contributed by atoms with van der Waals surface area (Å²) in [5.41, 5.74) is 9.64. The molecular formula is C21H28FN3. The fourth-order valence-electron chi connectivity index (χ4n) is 3.44. The average Bonchev–Trinajstić information content (AvgIpc) is 2.63.